The van der Waals surface area contributed by atoms with Crippen LogP contribution < -0.4 is 5.32 Å². The number of ether oxygens (including phenoxy) is 1. The maximum absolute atomic E-state index is 13.4. The average molecular weight is 541 g/mol. The summed E-state index contributed by atoms with van der Waals surface area (Å²) in [5.74, 6) is 1.06. The first kappa shape index (κ1) is 26.3. The number of imidazole rings is 1. The van der Waals surface area contributed by atoms with Gasteiger partial charge < -0.3 is 19.9 Å². The Kier molecular flexibility index (Phi) is 6.72. The number of carbonyl (C=O) groups is 3. The van der Waals surface area contributed by atoms with Crippen LogP contribution in [0.5, 0.6) is 0 Å². The van der Waals surface area contributed by atoms with Crippen LogP contribution in [0.15, 0.2) is 42.6 Å². The predicted octanol–water partition coefficient (Wildman–Crippen LogP) is 5.64. The summed E-state index contributed by atoms with van der Waals surface area (Å²) in [7, 11) is 1.30. The van der Waals surface area contributed by atoms with Gasteiger partial charge in [0.25, 0.3) is 0 Å². The van der Waals surface area contributed by atoms with E-state index in [0.717, 1.165) is 48.3 Å². The first-order valence-corrected chi connectivity index (χ1v) is 14.3. The van der Waals surface area contributed by atoms with Crippen molar-refractivity contribution in [3.05, 3.63) is 65.1 Å². The molecule has 8 heteroatoms. The molecule has 208 valence electrons. The normalized spacial score (nSPS) is 22.1. The molecular weight excluding hydrogens is 504 g/mol. The van der Waals surface area contributed by atoms with Crippen molar-refractivity contribution in [3.63, 3.8) is 0 Å². The molecule has 2 unspecified atom stereocenters. The minimum absolute atomic E-state index is 0.0416. The van der Waals surface area contributed by atoms with Gasteiger partial charge in [-0.15, -0.1) is 0 Å². The van der Waals surface area contributed by atoms with Crippen LogP contribution in [-0.4, -0.2) is 52.3 Å². The van der Waals surface area contributed by atoms with E-state index in [9.17, 15) is 14.4 Å². The zero-order chi connectivity index (χ0) is 28.1. The van der Waals surface area contributed by atoms with E-state index in [-0.39, 0.29) is 29.7 Å². The molecule has 1 aliphatic heterocycles. The molecule has 40 heavy (non-hydrogen) atoms. The number of hydrogen-bond donors (Lipinski definition) is 2. The second-order valence-electron chi connectivity index (χ2n) is 11.6. The maximum atomic E-state index is 13.4. The molecule has 8 nitrogen and oxygen atoms in total. The Bertz CT molecular complexity index is 1470. The number of likely N-dealkylation sites (tertiary alicyclic amines) is 1. The fourth-order valence-corrected chi connectivity index (χ4v) is 6.94. The van der Waals surface area contributed by atoms with E-state index in [1.54, 1.807) is 0 Å². The van der Waals surface area contributed by atoms with Crippen LogP contribution in [0, 0.1) is 12.8 Å². The Balaban J connectivity index is 1.22. The van der Waals surface area contributed by atoms with Crippen LogP contribution in [0.25, 0.3) is 22.4 Å². The third kappa shape index (κ3) is 4.30. The minimum Gasteiger partial charge on any atom is -0.453 e. The van der Waals surface area contributed by atoms with Gasteiger partial charge >= 0.3 is 6.09 Å². The van der Waals surface area contributed by atoms with Crippen LogP contribution in [0.4, 0.5) is 4.79 Å². The van der Waals surface area contributed by atoms with Crippen molar-refractivity contribution < 1.29 is 19.1 Å². The van der Waals surface area contributed by atoms with Gasteiger partial charge in [-0.2, -0.15) is 0 Å². The number of fused-ring (bicyclic) bond motifs is 5. The van der Waals surface area contributed by atoms with E-state index >= 15 is 0 Å². The molecule has 2 fully saturated rings. The fraction of sp³-hybridized carbons (Fsp3) is 0.438. The Hall–Kier alpha value is -3.94. The Morgan fingerprint density at radius 1 is 1.02 bits per heavy atom. The van der Waals surface area contributed by atoms with Crippen molar-refractivity contribution in [2.24, 2.45) is 5.92 Å². The SMILES string of the molecule is COC(=O)N[C@H](C(=O)N1CCC[C@H]1c1ncc(-c2ccc(-c3ccc(C)c4c3C3CCC4C3=O)cc2)[nH]1)C(C)C. The number of aryl methyl sites for hydroxylation is 1. The number of ketones is 1. The van der Waals surface area contributed by atoms with Crippen molar-refractivity contribution in [3.8, 4) is 22.4 Å². The smallest absolute Gasteiger partial charge is 0.407 e. The average Bonchev–Trinajstić information content (AvgIpc) is 3.75. The molecule has 0 radical (unpaired) electrons. The molecule has 2 aliphatic carbocycles. The van der Waals surface area contributed by atoms with Gasteiger partial charge in [-0.3, -0.25) is 9.59 Å². The standard InChI is InChI=1S/C32H36N4O4/c1-17(2)28(35-32(39)40-4)31(38)36-15-5-6-25(36)30-33-16-24(34-30)20-10-8-19(9-11-20)21-12-7-18(3)26-22-13-14-23(27(21)26)29(22)37/h7-12,16-17,22-23,25,28H,5-6,13-15H2,1-4H3,(H,33,34)(H,35,39)/t22?,23?,25-,28-/m0/s1. The van der Waals surface area contributed by atoms with Gasteiger partial charge in [0.1, 0.15) is 17.6 Å². The molecule has 3 aliphatic rings. The van der Waals surface area contributed by atoms with E-state index < -0.39 is 12.1 Å². The lowest BCUT2D eigenvalue weighted by Crippen LogP contribution is -2.51. The van der Waals surface area contributed by atoms with Gasteiger partial charge in [0, 0.05) is 18.4 Å². The van der Waals surface area contributed by atoms with E-state index in [0.29, 0.717) is 12.3 Å². The van der Waals surface area contributed by atoms with Gasteiger partial charge in [-0.25, -0.2) is 9.78 Å². The van der Waals surface area contributed by atoms with Crippen molar-refractivity contribution in [2.45, 2.75) is 70.4 Å². The molecule has 4 atom stereocenters. The van der Waals surface area contributed by atoms with Crippen LogP contribution in [0.2, 0.25) is 0 Å². The van der Waals surface area contributed by atoms with Crippen molar-refractivity contribution in [1.29, 1.82) is 0 Å². The number of aromatic nitrogens is 2. The molecule has 1 saturated carbocycles. The first-order chi connectivity index (χ1) is 19.3. The zero-order valence-electron chi connectivity index (χ0n) is 23.5. The molecular formula is C32H36N4O4. The topological polar surface area (TPSA) is 104 Å². The number of aromatic amines is 1. The van der Waals surface area contributed by atoms with Gasteiger partial charge in [0.15, 0.2) is 0 Å². The number of amides is 2. The van der Waals surface area contributed by atoms with Gasteiger partial charge in [0.05, 0.1) is 25.0 Å². The third-order valence-corrected chi connectivity index (χ3v) is 8.98. The first-order valence-electron chi connectivity index (χ1n) is 14.3. The molecule has 6 rings (SSSR count). The summed E-state index contributed by atoms with van der Waals surface area (Å²) in [6, 6.07) is 11.9. The van der Waals surface area contributed by atoms with Crippen molar-refractivity contribution >= 4 is 17.8 Å². The fourth-order valence-electron chi connectivity index (χ4n) is 6.94. The molecule has 3 aromatic rings. The molecule has 0 spiro atoms. The van der Waals surface area contributed by atoms with Gasteiger partial charge in [-0.1, -0.05) is 50.2 Å². The molecule has 2 heterocycles. The number of nitrogens with zero attached hydrogens (tertiary/aromatic N) is 2. The lowest BCUT2D eigenvalue weighted by molar-refractivity contribution is -0.135. The number of nitrogens with one attached hydrogen (secondary N) is 2. The molecule has 2 aromatic carbocycles. The highest BCUT2D eigenvalue weighted by atomic mass is 16.5. The molecule has 2 N–H and O–H groups in total. The number of hydrogen-bond acceptors (Lipinski definition) is 5. The number of Topliss-reactive ketones (excluding diaryl/α,β-unsaturated/α-hetero) is 1. The predicted molar refractivity (Wildman–Crippen MR) is 152 cm³/mol. The quantitative estimate of drug-likeness (QED) is 0.421. The van der Waals surface area contributed by atoms with E-state index in [4.69, 9.17) is 4.74 Å². The number of benzene rings is 2. The zero-order valence-corrected chi connectivity index (χ0v) is 23.5. The molecule has 1 saturated heterocycles. The lowest BCUT2D eigenvalue weighted by atomic mass is 9.83. The summed E-state index contributed by atoms with van der Waals surface area (Å²) < 4.78 is 4.73. The number of methoxy groups -OCH3 is 1. The number of H-pyrrole nitrogens is 1. The van der Waals surface area contributed by atoms with Gasteiger partial charge in [-0.05, 0) is 71.9 Å². The van der Waals surface area contributed by atoms with Crippen LogP contribution in [0.3, 0.4) is 0 Å². The maximum Gasteiger partial charge on any atom is 0.407 e. The summed E-state index contributed by atoms with van der Waals surface area (Å²) in [5, 5.41) is 2.69. The van der Waals surface area contributed by atoms with E-state index in [2.05, 4.69) is 58.6 Å². The van der Waals surface area contributed by atoms with Crippen LogP contribution >= 0.6 is 0 Å². The minimum atomic E-state index is -0.663. The highest BCUT2D eigenvalue weighted by molar-refractivity contribution is 6.01. The van der Waals surface area contributed by atoms with Crippen molar-refractivity contribution in [2.75, 3.05) is 13.7 Å². The Labute approximate surface area is 234 Å². The number of carbonyl (C=O) groups excluding carboxylic acids is 3. The number of alkyl carbamates (subject to hydrolysis) is 1. The molecule has 2 bridgehead atoms. The lowest BCUT2D eigenvalue weighted by Gasteiger charge is -2.30. The summed E-state index contributed by atoms with van der Waals surface area (Å²) in [6.45, 7) is 6.55. The second kappa shape index (κ2) is 10.2. The molecule has 1 aromatic heterocycles. The van der Waals surface area contributed by atoms with Crippen LogP contribution in [-0.2, 0) is 14.3 Å². The Morgan fingerprint density at radius 3 is 2.42 bits per heavy atom. The number of rotatable bonds is 6. The monoisotopic (exact) mass is 540 g/mol. The second-order valence-corrected chi connectivity index (χ2v) is 11.6. The highest BCUT2D eigenvalue weighted by Crippen LogP contribution is 2.54. The van der Waals surface area contributed by atoms with Gasteiger partial charge in [0.2, 0.25) is 5.91 Å². The summed E-state index contributed by atoms with van der Waals surface area (Å²) in [4.78, 5) is 48.1. The third-order valence-electron chi connectivity index (χ3n) is 8.98. The summed E-state index contributed by atoms with van der Waals surface area (Å²) in [6.07, 6.45) is 4.82. The largest absolute Gasteiger partial charge is 0.453 e. The summed E-state index contributed by atoms with van der Waals surface area (Å²) >= 11 is 0. The molecule has 2 amide bonds. The summed E-state index contributed by atoms with van der Waals surface area (Å²) in [5.41, 5.74) is 7.90. The Morgan fingerprint density at radius 2 is 1.73 bits per heavy atom. The van der Waals surface area contributed by atoms with Crippen molar-refractivity contribution in [1.82, 2.24) is 20.2 Å². The van der Waals surface area contributed by atoms with E-state index in [1.165, 1.54) is 29.4 Å². The van der Waals surface area contributed by atoms with E-state index in [1.807, 2.05) is 24.9 Å². The highest BCUT2D eigenvalue weighted by Gasteiger charge is 2.46. The van der Waals surface area contributed by atoms with Crippen LogP contribution in [0.1, 0.15) is 79.9 Å².